The van der Waals surface area contributed by atoms with Gasteiger partial charge in [0.1, 0.15) is 11.3 Å². The van der Waals surface area contributed by atoms with Crippen molar-refractivity contribution in [2.24, 2.45) is 18.4 Å². The third-order valence-corrected chi connectivity index (χ3v) is 4.27. The molecule has 19 heavy (non-hydrogen) atoms. The molecular formula is C14H15FN2O2. The summed E-state index contributed by atoms with van der Waals surface area (Å²) in [5.74, 6) is -1.16. The summed E-state index contributed by atoms with van der Waals surface area (Å²) in [6.45, 7) is 3.82. The van der Waals surface area contributed by atoms with E-state index >= 15 is 0 Å². The fraction of sp³-hybridized carbons (Fsp3) is 0.429. The highest BCUT2D eigenvalue weighted by Gasteiger charge is 2.64. The molecule has 0 saturated heterocycles. The van der Waals surface area contributed by atoms with Crippen molar-refractivity contribution in [1.82, 2.24) is 9.55 Å². The summed E-state index contributed by atoms with van der Waals surface area (Å²) in [6, 6.07) is 4.79. The summed E-state index contributed by atoms with van der Waals surface area (Å²) in [5.41, 5.74) is 0.672. The van der Waals surface area contributed by atoms with E-state index in [9.17, 15) is 14.3 Å². The van der Waals surface area contributed by atoms with Gasteiger partial charge in [0, 0.05) is 13.0 Å². The lowest BCUT2D eigenvalue weighted by molar-refractivity contribution is -0.139. The van der Waals surface area contributed by atoms with Crippen LogP contribution < -0.4 is 0 Å². The van der Waals surface area contributed by atoms with Gasteiger partial charge in [0.05, 0.1) is 11.4 Å². The van der Waals surface area contributed by atoms with Crippen LogP contribution in [0.4, 0.5) is 4.39 Å². The van der Waals surface area contributed by atoms with Crippen LogP contribution in [-0.4, -0.2) is 20.6 Å². The molecule has 3 rings (SSSR count). The largest absolute Gasteiger partial charge is 0.481 e. The third-order valence-electron chi connectivity index (χ3n) is 4.27. The molecule has 0 bridgehead atoms. The second kappa shape index (κ2) is 3.56. The maximum atomic E-state index is 13.7. The number of carbonyl (C=O) groups is 1. The minimum absolute atomic E-state index is 0.165. The SMILES string of the molecule is Cn1c(C2C(C(=O)O)C2(C)C)nc2c(F)cccc21. The number of carboxylic acid groups (broad SMARTS) is 1. The molecule has 1 aliphatic carbocycles. The number of fused-ring (bicyclic) bond motifs is 1. The first kappa shape index (κ1) is 12.1. The molecule has 2 unspecified atom stereocenters. The Hall–Kier alpha value is -1.91. The number of rotatable bonds is 2. The van der Waals surface area contributed by atoms with Crippen LogP contribution in [0.2, 0.25) is 0 Å². The maximum Gasteiger partial charge on any atom is 0.307 e. The van der Waals surface area contributed by atoms with Gasteiger partial charge in [-0.15, -0.1) is 0 Å². The number of benzene rings is 1. The van der Waals surface area contributed by atoms with E-state index in [-0.39, 0.29) is 17.2 Å². The van der Waals surface area contributed by atoms with E-state index in [1.165, 1.54) is 6.07 Å². The van der Waals surface area contributed by atoms with Crippen LogP contribution in [0.3, 0.4) is 0 Å². The number of carboxylic acids is 1. The number of aromatic nitrogens is 2. The molecule has 0 aliphatic heterocycles. The lowest BCUT2D eigenvalue weighted by atomic mass is 10.1. The molecular weight excluding hydrogens is 247 g/mol. The molecule has 0 spiro atoms. The number of hydrogen-bond donors (Lipinski definition) is 1. The summed E-state index contributed by atoms with van der Waals surface area (Å²) in [5, 5.41) is 9.23. The van der Waals surface area contributed by atoms with Crippen molar-refractivity contribution < 1.29 is 14.3 Å². The summed E-state index contributed by atoms with van der Waals surface area (Å²) < 4.78 is 15.5. The number of nitrogens with zero attached hydrogens (tertiary/aromatic N) is 2. The van der Waals surface area contributed by atoms with Gasteiger partial charge in [-0.25, -0.2) is 9.37 Å². The van der Waals surface area contributed by atoms with E-state index < -0.39 is 11.9 Å². The first-order valence-corrected chi connectivity index (χ1v) is 6.19. The van der Waals surface area contributed by atoms with E-state index in [4.69, 9.17) is 0 Å². The van der Waals surface area contributed by atoms with Crippen LogP contribution in [0.25, 0.3) is 11.0 Å². The second-order valence-corrected chi connectivity index (χ2v) is 5.75. The molecule has 2 atom stereocenters. The van der Waals surface area contributed by atoms with Gasteiger partial charge in [-0.05, 0) is 17.5 Å². The predicted molar refractivity (Wildman–Crippen MR) is 68.3 cm³/mol. The van der Waals surface area contributed by atoms with Crippen molar-refractivity contribution in [2.45, 2.75) is 19.8 Å². The molecule has 1 saturated carbocycles. The molecule has 1 aliphatic rings. The van der Waals surface area contributed by atoms with Gasteiger partial charge in [-0.1, -0.05) is 19.9 Å². The molecule has 1 aromatic carbocycles. The van der Waals surface area contributed by atoms with Crippen molar-refractivity contribution in [3.8, 4) is 0 Å². The Balaban J connectivity index is 2.16. The number of aliphatic carboxylic acids is 1. The average molecular weight is 262 g/mol. The molecule has 1 N–H and O–H groups in total. The average Bonchev–Trinajstić information content (AvgIpc) is 2.73. The smallest absolute Gasteiger partial charge is 0.307 e. The van der Waals surface area contributed by atoms with Gasteiger partial charge in [-0.2, -0.15) is 0 Å². The van der Waals surface area contributed by atoms with Gasteiger partial charge < -0.3 is 9.67 Å². The van der Waals surface area contributed by atoms with Crippen LogP contribution in [0.5, 0.6) is 0 Å². The second-order valence-electron chi connectivity index (χ2n) is 5.75. The summed E-state index contributed by atoms with van der Waals surface area (Å²) in [7, 11) is 1.80. The van der Waals surface area contributed by atoms with Crippen LogP contribution in [0, 0.1) is 17.2 Å². The Labute approximate surface area is 109 Å². The number of halogens is 1. The zero-order valence-electron chi connectivity index (χ0n) is 11.0. The van der Waals surface area contributed by atoms with Crippen LogP contribution in [-0.2, 0) is 11.8 Å². The monoisotopic (exact) mass is 262 g/mol. The molecule has 1 aromatic heterocycles. The minimum Gasteiger partial charge on any atom is -0.481 e. The Morgan fingerprint density at radius 2 is 2.16 bits per heavy atom. The van der Waals surface area contributed by atoms with E-state index in [0.29, 0.717) is 16.9 Å². The van der Waals surface area contributed by atoms with Gasteiger partial charge in [0.2, 0.25) is 0 Å². The number of aryl methyl sites for hydroxylation is 1. The topological polar surface area (TPSA) is 55.1 Å². The number of hydrogen-bond acceptors (Lipinski definition) is 2. The minimum atomic E-state index is -0.817. The highest BCUT2D eigenvalue weighted by Crippen LogP contribution is 2.64. The predicted octanol–water partition coefficient (Wildman–Crippen LogP) is 2.54. The van der Waals surface area contributed by atoms with Gasteiger partial charge in [0.25, 0.3) is 0 Å². The van der Waals surface area contributed by atoms with Gasteiger partial charge >= 0.3 is 5.97 Å². The lowest BCUT2D eigenvalue weighted by Gasteiger charge is -2.03. The van der Waals surface area contributed by atoms with Crippen molar-refractivity contribution in [3.05, 3.63) is 29.8 Å². The summed E-state index contributed by atoms with van der Waals surface area (Å²) in [6.07, 6.45) is 0. The molecule has 100 valence electrons. The van der Waals surface area contributed by atoms with Crippen molar-refractivity contribution in [2.75, 3.05) is 0 Å². The molecule has 2 aromatic rings. The quantitative estimate of drug-likeness (QED) is 0.904. The third kappa shape index (κ3) is 1.50. The Morgan fingerprint density at radius 3 is 2.68 bits per heavy atom. The molecule has 4 nitrogen and oxygen atoms in total. The molecule has 1 heterocycles. The Kier molecular flexibility index (Phi) is 2.27. The van der Waals surface area contributed by atoms with Gasteiger partial charge in [0.15, 0.2) is 5.82 Å². The Morgan fingerprint density at radius 1 is 1.47 bits per heavy atom. The van der Waals surface area contributed by atoms with E-state index in [1.807, 2.05) is 13.8 Å². The normalized spacial score (nSPS) is 24.6. The lowest BCUT2D eigenvalue weighted by Crippen LogP contribution is -2.03. The maximum absolute atomic E-state index is 13.7. The van der Waals surface area contributed by atoms with Crippen LogP contribution >= 0.6 is 0 Å². The van der Waals surface area contributed by atoms with E-state index in [0.717, 1.165) is 0 Å². The molecule has 0 amide bonds. The first-order chi connectivity index (χ1) is 8.85. The summed E-state index contributed by atoms with van der Waals surface area (Å²) in [4.78, 5) is 15.6. The standard InChI is InChI=1S/C14H15FN2O2/c1-14(2)9(10(14)13(18)19)12-16-11-7(15)5-4-6-8(11)17(12)3/h4-6,9-10H,1-3H3,(H,18,19). The number of para-hydroxylation sites is 1. The molecule has 0 radical (unpaired) electrons. The zero-order valence-corrected chi connectivity index (χ0v) is 11.0. The zero-order chi connectivity index (χ0) is 13.9. The first-order valence-electron chi connectivity index (χ1n) is 6.19. The summed E-state index contributed by atoms with van der Waals surface area (Å²) >= 11 is 0. The fourth-order valence-corrected chi connectivity index (χ4v) is 3.06. The molecule has 1 fully saturated rings. The van der Waals surface area contributed by atoms with E-state index in [2.05, 4.69) is 4.98 Å². The highest BCUT2D eigenvalue weighted by molar-refractivity contribution is 5.80. The van der Waals surface area contributed by atoms with Crippen molar-refractivity contribution in [3.63, 3.8) is 0 Å². The van der Waals surface area contributed by atoms with E-state index in [1.54, 1.807) is 23.7 Å². The van der Waals surface area contributed by atoms with Crippen molar-refractivity contribution in [1.29, 1.82) is 0 Å². The van der Waals surface area contributed by atoms with Crippen LogP contribution in [0.15, 0.2) is 18.2 Å². The van der Waals surface area contributed by atoms with Crippen molar-refractivity contribution >= 4 is 17.0 Å². The van der Waals surface area contributed by atoms with Crippen LogP contribution in [0.1, 0.15) is 25.6 Å². The van der Waals surface area contributed by atoms with Gasteiger partial charge in [-0.3, -0.25) is 4.79 Å². The molecule has 5 heteroatoms. The fourth-order valence-electron chi connectivity index (χ4n) is 3.06. The Bertz CT molecular complexity index is 690. The highest BCUT2D eigenvalue weighted by atomic mass is 19.1. The number of imidazole rings is 1.